The Balaban J connectivity index is 1.23. The van der Waals surface area contributed by atoms with E-state index in [1.807, 2.05) is 23.7 Å². The van der Waals surface area contributed by atoms with Gasteiger partial charge in [0, 0.05) is 27.4 Å². The lowest BCUT2D eigenvalue weighted by Gasteiger charge is -2.31. The van der Waals surface area contributed by atoms with Crippen LogP contribution in [0, 0.1) is 0 Å². The lowest BCUT2D eigenvalue weighted by Crippen LogP contribution is -2.26. The highest BCUT2D eigenvalue weighted by Gasteiger charge is 2.53. The molecule has 0 aliphatic heterocycles. The van der Waals surface area contributed by atoms with Crippen LogP contribution in [0.1, 0.15) is 47.2 Å². The molecule has 0 fully saturated rings. The molecule has 7 aromatic rings. The molecule has 1 spiro atoms. The van der Waals surface area contributed by atoms with Crippen LogP contribution in [0.2, 0.25) is 0 Å². The summed E-state index contributed by atoms with van der Waals surface area (Å²) in [5.74, 6) is -0.379. The van der Waals surface area contributed by atoms with Crippen LogP contribution in [0.15, 0.2) is 145 Å². The van der Waals surface area contributed by atoms with Crippen LogP contribution in [0.3, 0.4) is 0 Å². The standard InChI is InChI=1S/C42H24N2O2S2/c45-38-31-19-20-47-40(31)39(46)32(38)22-28-23-36-41(48-28)37-35(42(36)33-17-9-7-15-29(33)30-16-8-10-18-34(30)42)21-27(24-43-37)44(25-11-3-1-4-12-25)26-13-5-2-6-14-26/h1-24H/b32-22+. The third-order valence-corrected chi connectivity index (χ3v) is 11.8. The van der Waals surface area contributed by atoms with Crippen LogP contribution < -0.4 is 4.90 Å². The summed E-state index contributed by atoms with van der Waals surface area (Å²) in [6, 6.07) is 44.4. The average Bonchev–Trinajstić information content (AvgIpc) is 3.94. The van der Waals surface area contributed by atoms with Crippen LogP contribution in [0.5, 0.6) is 0 Å². The number of fused-ring (bicyclic) bond motifs is 11. The number of hydrogen-bond acceptors (Lipinski definition) is 6. The van der Waals surface area contributed by atoms with Crippen molar-refractivity contribution in [2.75, 3.05) is 4.90 Å². The molecule has 10 rings (SSSR count). The smallest absolute Gasteiger partial charge is 0.207 e. The number of Topliss-reactive ketones (excluding diaryl/α,β-unsaturated/α-hetero) is 2. The number of benzene rings is 4. The Morgan fingerprint density at radius 1 is 0.583 bits per heavy atom. The zero-order valence-electron chi connectivity index (χ0n) is 25.4. The summed E-state index contributed by atoms with van der Waals surface area (Å²) in [6.45, 7) is 0. The van der Waals surface area contributed by atoms with Gasteiger partial charge in [0.05, 0.1) is 38.3 Å². The first-order valence-corrected chi connectivity index (χ1v) is 17.5. The lowest BCUT2D eigenvalue weighted by molar-refractivity contribution is 0.0991. The van der Waals surface area contributed by atoms with E-state index < -0.39 is 5.41 Å². The molecule has 3 aromatic heterocycles. The van der Waals surface area contributed by atoms with E-state index in [2.05, 4.69) is 114 Å². The molecule has 3 aliphatic carbocycles. The largest absolute Gasteiger partial charge is 0.309 e. The first-order chi connectivity index (χ1) is 23.6. The van der Waals surface area contributed by atoms with Gasteiger partial charge in [0.25, 0.3) is 0 Å². The van der Waals surface area contributed by atoms with E-state index >= 15 is 0 Å². The van der Waals surface area contributed by atoms with Crippen molar-refractivity contribution >= 4 is 57.4 Å². The molecule has 3 aliphatic rings. The number of thiophene rings is 2. The van der Waals surface area contributed by atoms with Gasteiger partial charge in [-0.25, -0.2) is 0 Å². The van der Waals surface area contributed by atoms with Gasteiger partial charge in [-0.1, -0.05) is 84.9 Å². The van der Waals surface area contributed by atoms with Crippen molar-refractivity contribution in [3.8, 4) is 21.7 Å². The predicted molar refractivity (Wildman–Crippen MR) is 194 cm³/mol. The van der Waals surface area contributed by atoms with Gasteiger partial charge in [0.1, 0.15) is 0 Å². The summed E-state index contributed by atoms with van der Waals surface area (Å²) in [7, 11) is 0. The fourth-order valence-corrected chi connectivity index (χ4v) is 9.86. The number of aromatic nitrogens is 1. The molecule has 0 saturated heterocycles. The lowest BCUT2D eigenvalue weighted by atomic mass is 9.71. The van der Waals surface area contributed by atoms with Crippen molar-refractivity contribution in [3.05, 3.63) is 182 Å². The maximum atomic E-state index is 13.3. The highest BCUT2D eigenvalue weighted by molar-refractivity contribution is 7.17. The van der Waals surface area contributed by atoms with Gasteiger partial charge >= 0.3 is 0 Å². The molecule has 0 atom stereocenters. The second-order valence-corrected chi connectivity index (χ2v) is 14.2. The zero-order valence-corrected chi connectivity index (χ0v) is 27.0. The van der Waals surface area contributed by atoms with Gasteiger partial charge in [-0.3, -0.25) is 14.6 Å². The SMILES string of the molecule is O=C1/C(=C\c2cc3c(s2)-c2ncc(N(c4ccccc4)c4ccccc4)cc2C32c3ccccc3-c3ccccc32)C(=O)c2sccc21. The maximum absolute atomic E-state index is 13.3. The second kappa shape index (κ2) is 10.2. The Morgan fingerprint density at radius 3 is 1.85 bits per heavy atom. The van der Waals surface area contributed by atoms with Crippen LogP contribution in [0.25, 0.3) is 27.8 Å². The number of pyridine rings is 1. The Labute approximate surface area is 284 Å². The molecule has 3 heterocycles. The van der Waals surface area contributed by atoms with Crippen LogP contribution >= 0.6 is 22.7 Å². The maximum Gasteiger partial charge on any atom is 0.207 e. The van der Waals surface area contributed by atoms with Crippen molar-refractivity contribution in [1.82, 2.24) is 4.98 Å². The minimum Gasteiger partial charge on any atom is -0.309 e. The van der Waals surface area contributed by atoms with Crippen LogP contribution in [-0.4, -0.2) is 16.6 Å². The van der Waals surface area contributed by atoms with Gasteiger partial charge in [-0.15, -0.1) is 22.7 Å². The van der Waals surface area contributed by atoms with Crippen molar-refractivity contribution in [2.24, 2.45) is 0 Å². The molecule has 4 nitrogen and oxygen atoms in total. The topological polar surface area (TPSA) is 50.3 Å². The third kappa shape index (κ3) is 3.61. The van der Waals surface area contributed by atoms with Crippen molar-refractivity contribution in [3.63, 3.8) is 0 Å². The van der Waals surface area contributed by atoms with E-state index in [0.29, 0.717) is 10.4 Å². The molecule has 0 bridgehead atoms. The summed E-state index contributed by atoms with van der Waals surface area (Å²) in [6.07, 6.45) is 3.76. The number of nitrogens with zero attached hydrogens (tertiary/aromatic N) is 2. The van der Waals surface area contributed by atoms with Gasteiger partial charge in [-0.05, 0) is 81.7 Å². The van der Waals surface area contributed by atoms with E-state index in [4.69, 9.17) is 4.98 Å². The fraction of sp³-hybridized carbons (Fsp3) is 0.0238. The average molecular weight is 653 g/mol. The molecule has 6 heteroatoms. The first-order valence-electron chi connectivity index (χ1n) is 15.8. The first kappa shape index (κ1) is 27.4. The number of anilines is 3. The summed E-state index contributed by atoms with van der Waals surface area (Å²) < 4.78 is 0. The molecule has 0 unspecified atom stereocenters. The van der Waals surface area contributed by atoms with E-state index in [9.17, 15) is 9.59 Å². The Morgan fingerprint density at radius 2 is 1.21 bits per heavy atom. The monoisotopic (exact) mass is 652 g/mol. The van der Waals surface area contributed by atoms with Gasteiger partial charge in [-0.2, -0.15) is 0 Å². The van der Waals surface area contributed by atoms with Crippen LogP contribution in [0.4, 0.5) is 17.1 Å². The molecule has 0 saturated carbocycles. The number of rotatable bonds is 4. The second-order valence-electron chi connectivity index (χ2n) is 12.2. The van der Waals surface area contributed by atoms with Crippen LogP contribution in [-0.2, 0) is 5.41 Å². The number of carbonyl (C=O) groups excluding carboxylic acids is 2. The van der Waals surface area contributed by atoms with Crippen molar-refractivity contribution in [1.29, 1.82) is 0 Å². The molecular weight excluding hydrogens is 629 g/mol. The number of ketones is 2. The van der Waals surface area contributed by atoms with Gasteiger partial charge < -0.3 is 4.90 Å². The van der Waals surface area contributed by atoms with E-state index in [0.717, 1.165) is 43.6 Å². The quantitative estimate of drug-likeness (QED) is 0.140. The Hall–Kier alpha value is -5.69. The minimum absolute atomic E-state index is 0.185. The van der Waals surface area contributed by atoms with Gasteiger partial charge in [0.2, 0.25) is 5.78 Å². The normalized spacial score (nSPS) is 15.4. The minimum atomic E-state index is -0.616. The fourth-order valence-electron chi connectivity index (χ4n) is 7.85. The Kier molecular flexibility index (Phi) is 5.80. The van der Waals surface area contributed by atoms with E-state index in [1.165, 1.54) is 33.6 Å². The predicted octanol–water partition coefficient (Wildman–Crippen LogP) is 10.5. The number of carbonyl (C=O) groups is 2. The number of allylic oxidation sites excluding steroid dienone is 1. The van der Waals surface area contributed by atoms with Crippen molar-refractivity contribution < 1.29 is 9.59 Å². The molecule has 48 heavy (non-hydrogen) atoms. The molecule has 0 N–H and O–H groups in total. The molecule has 0 radical (unpaired) electrons. The zero-order chi connectivity index (χ0) is 32.0. The molecule has 0 amide bonds. The highest BCUT2D eigenvalue weighted by Crippen LogP contribution is 2.64. The highest BCUT2D eigenvalue weighted by atomic mass is 32.1. The summed E-state index contributed by atoms with van der Waals surface area (Å²) >= 11 is 2.93. The third-order valence-electron chi connectivity index (χ3n) is 9.78. The van der Waals surface area contributed by atoms with Gasteiger partial charge in [0.15, 0.2) is 5.78 Å². The summed E-state index contributed by atoms with van der Waals surface area (Å²) in [4.78, 5) is 36.5. The molecule has 226 valence electrons. The molecular formula is C42H24N2O2S2. The number of hydrogen-bond donors (Lipinski definition) is 0. The van der Waals surface area contributed by atoms with E-state index in [-0.39, 0.29) is 17.1 Å². The number of para-hydroxylation sites is 2. The summed E-state index contributed by atoms with van der Waals surface area (Å²) in [5.41, 5.74) is 11.2. The summed E-state index contributed by atoms with van der Waals surface area (Å²) in [5, 5.41) is 1.81. The molecule has 4 aromatic carbocycles. The van der Waals surface area contributed by atoms with Crippen molar-refractivity contribution in [2.45, 2.75) is 5.41 Å². The Bertz CT molecular complexity index is 2390. The van der Waals surface area contributed by atoms with E-state index in [1.54, 1.807) is 23.5 Å².